The van der Waals surface area contributed by atoms with E-state index in [1.165, 1.54) is 0 Å². The van der Waals surface area contributed by atoms with E-state index in [0.717, 1.165) is 0 Å². The van der Waals surface area contributed by atoms with Crippen LogP contribution in [0.5, 0.6) is 0 Å². The number of carbonyl (C=O) groups is 4. The molecule has 0 spiro atoms. The number of carboxylic acid groups (broad SMARTS) is 1. The summed E-state index contributed by atoms with van der Waals surface area (Å²) in [5.41, 5.74) is 0. The number of imide groups is 1. The van der Waals surface area contributed by atoms with Gasteiger partial charge in [-0.25, -0.2) is 0 Å². The van der Waals surface area contributed by atoms with Crippen molar-refractivity contribution in [3.8, 4) is 0 Å². The van der Waals surface area contributed by atoms with Crippen molar-refractivity contribution < 1.29 is 24.3 Å². The molecule has 3 amide bonds. The molecule has 1 fully saturated rings. The normalized spacial score (nSPS) is 20.7. The van der Waals surface area contributed by atoms with Crippen LogP contribution in [0.3, 0.4) is 0 Å². The van der Waals surface area contributed by atoms with Gasteiger partial charge in [0.05, 0.1) is 0 Å². The van der Waals surface area contributed by atoms with Gasteiger partial charge in [0.25, 0.3) is 0 Å². The molecule has 1 heterocycles. The van der Waals surface area contributed by atoms with Gasteiger partial charge in [-0.05, 0) is 6.42 Å². The minimum absolute atomic E-state index is 0.143. The zero-order valence-corrected chi connectivity index (χ0v) is 7.78. The van der Waals surface area contributed by atoms with E-state index in [0.29, 0.717) is 0 Å². The molecular formula is C8H10N2O5. The molecule has 0 aromatic heterocycles. The lowest BCUT2D eigenvalue weighted by molar-refractivity contribution is -0.143. The summed E-state index contributed by atoms with van der Waals surface area (Å²) in [6, 6.07) is -0.811. The zero-order chi connectivity index (χ0) is 11.4. The van der Waals surface area contributed by atoms with E-state index in [1.807, 2.05) is 5.32 Å². The van der Waals surface area contributed by atoms with E-state index in [2.05, 4.69) is 5.32 Å². The Morgan fingerprint density at radius 2 is 2.13 bits per heavy atom. The number of piperidine rings is 1. The maximum Gasteiger partial charge on any atom is 0.312 e. The van der Waals surface area contributed by atoms with Crippen LogP contribution in [-0.4, -0.2) is 34.8 Å². The number of carboxylic acids is 1. The Morgan fingerprint density at radius 1 is 1.47 bits per heavy atom. The van der Waals surface area contributed by atoms with Crippen LogP contribution in [0.4, 0.5) is 0 Å². The second kappa shape index (κ2) is 4.54. The van der Waals surface area contributed by atoms with Crippen molar-refractivity contribution in [2.24, 2.45) is 0 Å². The first-order valence-corrected chi connectivity index (χ1v) is 4.34. The quantitative estimate of drug-likeness (QED) is 0.386. The maximum absolute atomic E-state index is 11.1. The first-order valence-electron chi connectivity index (χ1n) is 4.34. The molecule has 1 rings (SSSR count). The molecule has 0 radical (unpaired) electrons. The van der Waals surface area contributed by atoms with E-state index in [4.69, 9.17) is 5.11 Å². The molecule has 0 bridgehead atoms. The number of amides is 3. The second-order valence-electron chi connectivity index (χ2n) is 3.14. The Bertz CT molecular complexity index is 325. The van der Waals surface area contributed by atoms with Gasteiger partial charge in [-0.3, -0.25) is 24.5 Å². The number of hydrogen-bond acceptors (Lipinski definition) is 4. The first kappa shape index (κ1) is 11.2. The lowest BCUT2D eigenvalue weighted by Crippen LogP contribution is -2.52. The van der Waals surface area contributed by atoms with E-state index in [-0.39, 0.29) is 18.7 Å². The molecule has 0 aliphatic carbocycles. The summed E-state index contributed by atoms with van der Waals surface area (Å²) >= 11 is 0. The zero-order valence-electron chi connectivity index (χ0n) is 7.78. The predicted molar refractivity (Wildman–Crippen MR) is 46.6 cm³/mol. The second-order valence-corrected chi connectivity index (χ2v) is 3.14. The molecule has 1 unspecified atom stereocenters. The molecule has 1 saturated heterocycles. The monoisotopic (exact) mass is 214 g/mol. The summed E-state index contributed by atoms with van der Waals surface area (Å²) in [7, 11) is 0. The van der Waals surface area contributed by atoms with Crippen LogP contribution < -0.4 is 10.6 Å². The van der Waals surface area contributed by atoms with Gasteiger partial charge in [0.15, 0.2) is 0 Å². The van der Waals surface area contributed by atoms with Gasteiger partial charge in [0, 0.05) is 6.42 Å². The average molecular weight is 214 g/mol. The van der Waals surface area contributed by atoms with Crippen LogP contribution in [0.1, 0.15) is 19.3 Å². The molecule has 7 nitrogen and oxygen atoms in total. The summed E-state index contributed by atoms with van der Waals surface area (Å²) in [5, 5.41) is 12.6. The van der Waals surface area contributed by atoms with Crippen molar-refractivity contribution >= 4 is 23.7 Å². The highest BCUT2D eigenvalue weighted by Crippen LogP contribution is 2.04. The molecule has 15 heavy (non-hydrogen) atoms. The molecular weight excluding hydrogens is 204 g/mol. The van der Waals surface area contributed by atoms with Crippen LogP contribution in [0, 0.1) is 0 Å². The van der Waals surface area contributed by atoms with Crippen molar-refractivity contribution in [3.05, 3.63) is 0 Å². The third-order valence-corrected chi connectivity index (χ3v) is 1.89. The van der Waals surface area contributed by atoms with Gasteiger partial charge in [0.1, 0.15) is 12.5 Å². The third-order valence-electron chi connectivity index (χ3n) is 1.89. The van der Waals surface area contributed by atoms with E-state index >= 15 is 0 Å². The molecule has 7 heteroatoms. The van der Waals surface area contributed by atoms with Crippen molar-refractivity contribution in [2.45, 2.75) is 25.3 Å². The highest BCUT2D eigenvalue weighted by Gasteiger charge is 2.27. The van der Waals surface area contributed by atoms with Gasteiger partial charge >= 0.3 is 5.97 Å². The largest absolute Gasteiger partial charge is 0.481 e. The molecule has 0 aromatic rings. The van der Waals surface area contributed by atoms with Crippen LogP contribution in [0.15, 0.2) is 0 Å². The standard InChI is InChI=1S/C8H10N2O5/c11-5-2-1-4(8(15)10-5)9-6(12)3-7(13)14/h4H,1-3H2,(H,9,12)(H,13,14)(H,10,11,15). The first-order chi connectivity index (χ1) is 6.99. The smallest absolute Gasteiger partial charge is 0.312 e. The van der Waals surface area contributed by atoms with E-state index in [1.54, 1.807) is 0 Å². The van der Waals surface area contributed by atoms with Crippen LogP contribution in [0.25, 0.3) is 0 Å². The third kappa shape index (κ3) is 3.37. The van der Waals surface area contributed by atoms with Crippen molar-refractivity contribution in [1.29, 1.82) is 0 Å². The average Bonchev–Trinajstić information content (AvgIpc) is 2.08. The summed E-state index contributed by atoms with van der Waals surface area (Å²) in [5.74, 6) is -2.98. The van der Waals surface area contributed by atoms with Gasteiger partial charge in [-0.15, -0.1) is 0 Å². The fourth-order valence-electron chi connectivity index (χ4n) is 1.21. The summed E-state index contributed by atoms with van der Waals surface area (Å²) in [6.45, 7) is 0. The van der Waals surface area contributed by atoms with E-state index < -0.39 is 30.2 Å². The Morgan fingerprint density at radius 3 is 2.67 bits per heavy atom. The molecule has 3 N–H and O–H groups in total. The summed E-state index contributed by atoms with van der Waals surface area (Å²) in [4.78, 5) is 43.0. The van der Waals surface area contributed by atoms with E-state index in [9.17, 15) is 19.2 Å². The van der Waals surface area contributed by atoms with Gasteiger partial charge in [-0.2, -0.15) is 0 Å². The highest BCUT2D eigenvalue weighted by atomic mass is 16.4. The molecule has 0 saturated carbocycles. The molecule has 0 aromatic carbocycles. The topological polar surface area (TPSA) is 113 Å². The molecule has 1 aliphatic rings. The SMILES string of the molecule is O=C(O)CC(=O)NC1CCC(=O)NC1=O. The van der Waals surface area contributed by atoms with Crippen molar-refractivity contribution in [1.82, 2.24) is 10.6 Å². The molecule has 1 atom stereocenters. The molecule has 82 valence electrons. The molecule has 1 aliphatic heterocycles. The number of carbonyl (C=O) groups excluding carboxylic acids is 3. The lowest BCUT2D eigenvalue weighted by Gasteiger charge is -2.21. The summed E-state index contributed by atoms with van der Waals surface area (Å²) in [6.07, 6.45) is -0.336. The minimum Gasteiger partial charge on any atom is -0.481 e. The minimum atomic E-state index is -1.26. The number of aliphatic carboxylic acids is 1. The Hall–Kier alpha value is -1.92. The van der Waals surface area contributed by atoms with Crippen LogP contribution in [0.2, 0.25) is 0 Å². The summed E-state index contributed by atoms with van der Waals surface area (Å²) < 4.78 is 0. The fourth-order valence-corrected chi connectivity index (χ4v) is 1.21. The predicted octanol–water partition coefficient (Wildman–Crippen LogP) is -1.62. The van der Waals surface area contributed by atoms with Gasteiger partial charge < -0.3 is 10.4 Å². The number of nitrogens with one attached hydrogen (secondary N) is 2. The highest BCUT2D eigenvalue weighted by molar-refractivity contribution is 6.02. The Balaban J connectivity index is 2.45. The lowest BCUT2D eigenvalue weighted by atomic mass is 10.1. The number of rotatable bonds is 3. The van der Waals surface area contributed by atoms with Crippen LogP contribution >= 0.6 is 0 Å². The van der Waals surface area contributed by atoms with Crippen molar-refractivity contribution in [2.75, 3.05) is 0 Å². The number of hydrogen-bond donors (Lipinski definition) is 3. The van der Waals surface area contributed by atoms with Gasteiger partial charge in [-0.1, -0.05) is 0 Å². The van der Waals surface area contributed by atoms with Crippen LogP contribution in [-0.2, 0) is 19.2 Å². The maximum atomic E-state index is 11.1. The Labute approximate surface area is 84.8 Å². The Kier molecular flexibility index (Phi) is 3.37. The van der Waals surface area contributed by atoms with Gasteiger partial charge in [0.2, 0.25) is 17.7 Å². The fraction of sp³-hybridized carbons (Fsp3) is 0.500. The van der Waals surface area contributed by atoms with Crippen molar-refractivity contribution in [3.63, 3.8) is 0 Å².